The maximum absolute atomic E-state index is 6.16. The summed E-state index contributed by atoms with van der Waals surface area (Å²) in [4.78, 5) is 0. The minimum absolute atomic E-state index is 0.0985. The predicted octanol–water partition coefficient (Wildman–Crippen LogP) is 6.93. The first-order valence-electron chi connectivity index (χ1n) is 9.27. The number of rotatable bonds is 8. The third kappa shape index (κ3) is 5.71. The summed E-state index contributed by atoms with van der Waals surface area (Å²) in [6.45, 7) is 16.3. The van der Waals surface area contributed by atoms with Gasteiger partial charge < -0.3 is 4.74 Å². The Labute approximate surface area is 144 Å². The van der Waals surface area contributed by atoms with E-state index in [0.29, 0.717) is 5.92 Å². The molecule has 0 heterocycles. The number of hydrogen-bond acceptors (Lipinski definition) is 1. The van der Waals surface area contributed by atoms with Crippen LogP contribution in [0.15, 0.2) is 24.3 Å². The molecule has 1 unspecified atom stereocenters. The molecule has 0 bridgehead atoms. The Kier molecular flexibility index (Phi) is 7.88. The van der Waals surface area contributed by atoms with E-state index in [0.717, 1.165) is 25.2 Å². The number of ether oxygens (including phenoxy) is 1. The first-order valence-corrected chi connectivity index (χ1v) is 9.27. The molecule has 0 saturated heterocycles. The zero-order chi connectivity index (χ0) is 17.5. The second kappa shape index (κ2) is 9.15. The Balaban J connectivity index is 3.39. The van der Waals surface area contributed by atoms with Gasteiger partial charge in [-0.3, -0.25) is 0 Å². The maximum atomic E-state index is 6.16. The van der Waals surface area contributed by atoms with Crippen molar-refractivity contribution in [1.29, 1.82) is 0 Å². The van der Waals surface area contributed by atoms with Gasteiger partial charge >= 0.3 is 0 Å². The first-order chi connectivity index (χ1) is 10.8. The second-order valence-corrected chi connectivity index (χ2v) is 7.51. The average molecular weight is 317 g/mol. The number of benzene rings is 1. The molecule has 0 aliphatic heterocycles. The summed E-state index contributed by atoms with van der Waals surface area (Å²) in [5, 5.41) is 0. The van der Waals surface area contributed by atoms with Crippen LogP contribution in [0.5, 0.6) is 5.75 Å². The van der Waals surface area contributed by atoms with E-state index in [1.54, 1.807) is 0 Å². The van der Waals surface area contributed by atoms with E-state index >= 15 is 0 Å². The van der Waals surface area contributed by atoms with Crippen molar-refractivity contribution in [2.24, 2.45) is 0 Å². The molecular formula is C22H36O. The lowest BCUT2D eigenvalue weighted by atomic mass is 9.80. The molecule has 1 rings (SSSR count). The summed E-state index contributed by atoms with van der Waals surface area (Å²) < 4.78 is 6.16. The topological polar surface area (TPSA) is 9.23 Å². The summed E-state index contributed by atoms with van der Waals surface area (Å²) in [5.41, 5.74) is 4.18. The SMILES string of the molecule is CC/C=C\CC(CCC)c1cc(C)cc(C(C)(C)C)c1OCC. The minimum Gasteiger partial charge on any atom is -0.493 e. The lowest BCUT2D eigenvalue weighted by Crippen LogP contribution is -2.16. The van der Waals surface area contributed by atoms with Crippen molar-refractivity contribution >= 4 is 0 Å². The average Bonchev–Trinajstić information content (AvgIpc) is 2.47. The van der Waals surface area contributed by atoms with Crippen LogP contribution in [0, 0.1) is 6.92 Å². The zero-order valence-corrected chi connectivity index (χ0v) is 16.3. The summed E-state index contributed by atoms with van der Waals surface area (Å²) >= 11 is 0. The Morgan fingerprint density at radius 3 is 2.30 bits per heavy atom. The van der Waals surface area contributed by atoms with Crippen molar-refractivity contribution in [3.8, 4) is 5.75 Å². The fraction of sp³-hybridized carbons (Fsp3) is 0.636. The normalized spacial score (nSPS) is 13.5. The molecule has 0 amide bonds. The van der Waals surface area contributed by atoms with Gasteiger partial charge in [0.1, 0.15) is 5.75 Å². The van der Waals surface area contributed by atoms with E-state index in [-0.39, 0.29) is 5.41 Å². The van der Waals surface area contributed by atoms with Crippen molar-refractivity contribution in [3.05, 3.63) is 41.0 Å². The van der Waals surface area contributed by atoms with Crippen LogP contribution in [0.1, 0.15) is 89.8 Å². The van der Waals surface area contributed by atoms with Crippen molar-refractivity contribution < 1.29 is 4.74 Å². The lowest BCUT2D eigenvalue weighted by molar-refractivity contribution is 0.322. The first kappa shape index (κ1) is 19.8. The van der Waals surface area contributed by atoms with E-state index in [9.17, 15) is 0 Å². The van der Waals surface area contributed by atoms with E-state index in [4.69, 9.17) is 4.74 Å². The molecule has 1 aromatic rings. The van der Waals surface area contributed by atoms with E-state index < -0.39 is 0 Å². The molecule has 1 heteroatoms. The summed E-state index contributed by atoms with van der Waals surface area (Å²) in [6.07, 6.45) is 9.25. The molecule has 0 aliphatic carbocycles. The highest BCUT2D eigenvalue weighted by Crippen LogP contribution is 2.41. The van der Waals surface area contributed by atoms with Crippen LogP contribution in [-0.4, -0.2) is 6.61 Å². The molecule has 0 radical (unpaired) electrons. The standard InChI is InChI=1S/C22H36O/c1-8-11-12-14-18(13-9-2)19-15-17(4)16-20(22(5,6)7)21(19)23-10-3/h11-12,15-16,18H,8-10,13-14H2,1-7H3/b12-11-. The van der Waals surface area contributed by atoms with Gasteiger partial charge in [-0.05, 0) is 50.0 Å². The largest absolute Gasteiger partial charge is 0.493 e. The monoisotopic (exact) mass is 316 g/mol. The van der Waals surface area contributed by atoms with Crippen LogP contribution in [0.2, 0.25) is 0 Å². The van der Waals surface area contributed by atoms with Crippen LogP contribution in [0.25, 0.3) is 0 Å². The van der Waals surface area contributed by atoms with Gasteiger partial charge in [0, 0.05) is 5.56 Å². The molecule has 130 valence electrons. The van der Waals surface area contributed by atoms with Crippen LogP contribution in [-0.2, 0) is 5.41 Å². The third-order valence-corrected chi connectivity index (χ3v) is 4.26. The Hall–Kier alpha value is -1.24. The molecule has 0 N–H and O–H groups in total. The lowest BCUT2D eigenvalue weighted by Gasteiger charge is -2.28. The van der Waals surface area contributed by atoms with Gasteiger partial charge in [0.05, 0.1) is 6.61 Å². The highest BCUT2D eigenvalue weighted by molar-refractivity contribution is 5.49. The minimum atomic E-state index is 0.0985. The van der Waals surface area contributed by atoms with Gasteiger partial charge in [0.25, 0.3) is 0 Å². The molecule has 1 atom stereocenters. The van der Waals surface area contributed by atoms with Crippen LogP contribution >= 0.6 is 0 Å². The van der Waals surface area contributed by atoms with Gasteiger partial charge in [-0.2, -0.15) is 0 Å². The summed E-state index contributed by atoms with van der Waals surface area (Å²) in [5.74, 6) is 1.68. The van der Waals surface area contributed by atoms with E-state index in [2.05, 4.69) is 72.8 Å². The van der Waals surface area contributed by atoms with Crippen LogP contribution in [0.4, 0.5) is 0 Å². The molecule has 0 spiro atoms. The Morgan fingerprint density at radius 2 is 1.78 bits per heavy atom. The Bertz CT molecular complexity index is 505. The number of aryl methyl sites for hydroxylation is 1. The molecule has 0 saturated carbocycles. The molecule has 0 aliphatic rings. The van der Waals surface area contributed by atoms with Gasteiger partial charge in [0.15, 0.2) is 0 Å². The highest BCUT2D eigenvalue weighted by Gasteiger charge is 2.25. The van der Waals surface area contributed by atoms with Gasteiger partial charge in [-0.1, -0.05) is 70.9 Å². The van der Waals surface area contributed by atoms with Crippen molar-refractivity contribution in [2.75, 3.05) is 6.61 Å². The number of hydrogen-bond donors (Lipinski definition) is 0. The molecule has 1 nitrogen and oxygen atoms in total. The second-order valence-electron chi connectivity index (χ2n) is 7.51. The summed E-state index contributed by atoms with van der Waals surface area (Å²) in [7, 11) is 0. The van der Waals surface area contributed by atoms with Gasteiger partial charge in [-0.25, -0.2) is 0 Å². The number of allylic oxidation sites excluding steroid dienone is 2. The highest BCUT2D eigenvalue weighted by atomic mass is 16.5. The van der Waals surface area contributed by atoms with Gasteiger partial charge in [0.2, 0.25) is 0 Å². The molecule has 0 fully saturated rings. The van der Waals surface area contributed by atoms with Gasteiger partial charge in [-0.15, -0.1) is 0 Å². The van der Waals surface area contributed by atoms with E-state index in [1.807, 2.05) is 0 Å². The molecule has 0 aromatic heterocycles. The molecular weight excluding hydrogens is 280 g/mol. The van der Waals surface area contributed by atoms with Crippen LogP contribution in [0.3, 0.4) is 0 Å². The quantitative estimate of drug-likeness (QED) is 0.472. The fourth-order valence-electron chi connectivity index (χ4n) is 3.14. The fourth-order valence-corrected chi connectivity index (χ4v) is 3.14. The third-order valence-electron chi connectivity index (χ3n) is 4.26. The Morgan fingerprint density at radius 1 is 1.09 bits per heavy atom. The molecule has 1 aromatic carbocycles. The smallest absolute Gasteiger partial charge is 0.126 e. The zero-order valence-electron chi connectivity index (χ0n) is 16.3. The van der Waals surface area contributed by atoms with Crippen molar-refractivity contribution in [1.82, 2.24) is 0 Å². The predicted molar refractivity (Wildman–Crippen MR) is 103 cm³/mol. The van der Waals surface area contributed by atoms with Crippen molar-refractivity contribution in [2.45, 2.75) is 85.5 Å². The maximum Gasteiger partial charge on any atom is 0.126 e. The van der Waals surface area contributed by atoms with E-state index in [1.165, 1.54) is 29.5 Å². The van der Waals surface area contributed by atoms with Crippen molar-refractivity contribution in [3.63, 3.8) is 0 Å². The van der Waals surface area contributed by atoms with Crippen LogP contribution < -0.4 is 4.74 Å². The molecule has 23 heavy (non-hydrogen) atoms. The summed E-state index contributed by atoms with van der Waals surface area (Å²) in [6, 6.07) is 4.65.